The van der Waals surface area contributed by atoms with Crippen molar-refractivity contribution in [3.05, 3.63) is 47.7 Å². The number of benzene rings is 1. The van der Waals surface area contributed by atoms with Crippen LogP contribution in [0.1, 0.15) is 49.8 Å². The second-order valence-electron chi connectivity index (χ2n) is 7.53. The summed E-state index contributed by atoms with van der Waals surface area (Å²) in [5, 5.41) is 1.14. The van der Waals surface area contributed by atoms with Crippen LogP contribution in [0.15, 0.2) is 30.6 Å². The largest absolute Gasteiger partial charge is 0.497 e. The fourth-order valence-corrected chi connectivity index (χ4v) is 3.99. The third-order valence-corrected chi connectivity index (χ3v) is 5.48. The minimum Gasteiger partial charge on any atom is -0.497 e. The molecule has 1 aromatic carbocycles. The lowest BCUT2D eigenvalue weighted by Crippen LogP contribution is -2.40. The van der Waals surface area contributed by atoms with E-state index in [0.717, 1.165) is 35.4 Å². The topological polar surface area (TPSA) is 63.1 Å². The minimum absolute atomic E-state index is 0.137. The average molecular weight is 366 g/mol. The van der Waals surface area contributed by atoms with E-state index in [-0.39, 0.29) is 17.9 Å². The predicted octanol–water partition coefficient (Wildman–Crippen LogP) is 3.64. The molecule has 0 saturated carbocycles. The van der Waals surface area contributed by atoms with Crippen LogP contribution in [0.2, 0.25) is 0 Å². The standard InChI is InChI=1S/C21H26N4O2/c1-13(2)20-22-8-10-25(20)14(3)21(26)24-9-7-19-17(12-24)16-11-15(27-4)5-6-18(16)23-19/h5-6,8,10-11,13-14,23H,7,9,12H2,1-4H3. The van der Waals surface area contributed by atoms with E-state index in [2.05, 4.69) is 29.9 Å². The molecule has 1 aliphatic heterocycles. The van der Waals surface area contributed by atoms with Gasteiger partial charge in [-0.25, -0.2) is 4.98 Å². The van der Waals surface area contributed by atoms with E-state index in [0.29, 0.717) is 6.54 Å². The number of hydrogen-bond acceptors (Lipinski definition) is 3. The van der Waals surface area contributed by atoms with Crippen molar-refractivity contribution < 1.29 is 9.53 Å². The molecule has 0 bridgehead atoms. The second kappa shape index (κ2) is 6.76. The summed E-state index contributed by atoms with van der Waals surface area (Å²) in [4.78, 5) is 23.1. The first-order valence-corrected chi connectivity index (χ1v) is 9.48. The summed E-state index contributed by atoms with van der Waals surface area (Å²) >= 11 is 0. The van der Waals surface area contributed by atoms with Gasteiger partial charge in [0.25, 0.3) is 0 Å². The van der Waals surface area contributed by atoms with Crippen molar-refractivity contribution in [1.29, 1.82) is 0 Å². The lowest BCUT2D eigenvalue weighted by molar-refractivity contribution is -0.135. The quantitative estimate of drug-likeness (QED) is 0.767. The van der Waals surface area contributed by atoms with Gasteiger partial charge in [-0.15, -0.1) is 0 Å². The number of nitrogens with one attached hydrogen (secondary N) is 1. The highest BCUT2D eigenvalue weighted by atomic mass is 16.5. The van der Waals surface area contributed by atoms with Crippen LogP contribution in [0.3, 0.4) is 0 Å². The summed E-state index contributed by atoms with van der Waals surface area (Å²) in [6, 6.07) is 5.80. The van der Waals surface area contributed by atoms with Crippen molar-refractivity contribution in [2.45, 2.75) is 45.7 Å². The number of carbonyl (C=O) groups is 1. The molecule has 3 heterocycles. The van der Waals surface area contributed by atoms with E-state index >= 15 is 0 Å². The van der Waals surface area contributed by atoms with E-state index in [9.17, 15) is 4.79 Å². The molecule has 1 aliphatic rings. The number of aromatic amines is 1. The summed E-state index contributed by atoms with van der Waals surface area (Å²) in [6.07, 6.45) is 4.52. The number of rotatable bonds is 4. The minimum atomic E-state index is -0.258. The Labute approximate surface area is 159 Å². The van der Waals surface area contributed by atoms with Gasteiger partial charge in [0.1, 0.15) is 17.6 Å². The second-order valence-corrected chi connectivity index (χ2v) is 7.53. The molecule has 6 heteroatoms. The molecule has 142 valence electrons. The van der Waals surface area contributed by atoms with Gasteiger partial charge >= 0.3 is 0 Å². The van der Waals surface area contributed by atoms with Gasteiger partial charge in [0.15, 0.2) is 0 Å². The number of ether oxygens (including phenoxy) is 1. The number of amides is 1. The van der Waals surface area contributed by atoms with Crippen molar-refractivity contribution in [3.63, 3.8) is 0 Å². The number of imidazole rings is 1. The van der Waals surface area contributed by atoms with Crippen molar-refractivity contribution in [3.8, 4) is 5.75 Å². The summed E-state index contributed by atoms with van der Waals surface area (Å²) in [6.45, 7) is 7.51. The lowest BCUT2D eigenvalue weighted by Gasteiger charge is -2.30. The Bertz CT molecular complexity index is 985. The van der Waals surface area contributed by atoms with Gasteiger partial charge < -0.3 is 19.2 Å². The molecule has 0 radical (unpaired) electrons. The van der Waals surface area contributed by atoms with E-state index < -0.39 is 0 Å². The number of hydrogen-bond donors (Lipinski definition) is 1. The van der Waals surface area contributed by atoms with Crippen molar-refractivity contribution >= 4 is 16.8 Å². The molecule has 1 amide bonds. The smallest absolute Gasteiger partial charge is 0.245 e. The fourth-order valence-electron chi connectivity index (χ4n) is 3.99. The first kappa shape index (κ1) is 17.6. The Hall–Kier alpha value is -2.76. The van der Waals surface area contributed by atoms with Crippen LogP contribution in [-0.4, -0.2) is 39.0 Å². The SMILES string of the molecule is COc1ccc2[nH]c3c(c2c1)CN(C(=O)C(C)n1ccnc1C(C)C)CC3. The molecule has 2 aromatic heterocycles. The maximum absolute atomic E-state index is 13.2. The molecule has 27 heavy (non-hydrogen) atoms. The number of fused-ring (bicyclic) bond motifs is 3. The maximum atomic E-state index is 13.2. The Kier molecular flexibility index (Phi) is 4.42. The number of methoxy groups -OCH3 is 1. The van der Waals surface area contributed by atoms with Crippen LogP contribution in [0, 0.1) is 0 Å². The van der Waals surface area contributed by atoms with E-state index in [4.69, 9.17) is 4.74 Å². The fraction of sp³-hybridized carbons (Fsp3) is 0.429. The number of H-pyrrole nitrogens is 1. The van der Waals surface area contributed by atoms with Gasteiger partial charge in [-0.05, 0) is 25.1 Å². The first-order valence-electron chi connectivity index (χ1n) is 9.48. The first-order chi connectivity index (χ1) is 13.0. The average Bonchev–Trinajstić information content (AvgIpc) is 3.30. The molecular formula is C21H26N4O2. The van der Waals surface area contributed by atoms with Crippen LogP contribution >= 0.6 is 0 Å². The molecule has 0 aliphatic carbocycles. The molecule has 1 N–H and O–H groups in total. The summed E-state index contributed by atoms with van der Waals surface area (Å²) < 4.78 is 7.38. The molecular weight excluding hydrogens is 340 g/mol. The van der Waals surface area contributed by atoms with Crippen molar-refractivity contribution in [2.24, 2.45) is 0 Å². The zero-order valence-corrected chi connectivity index (χ0v) is 16.3. The van der Waals surface area contributed by atoms with Crippen LogP contribution in [-0.2, 0) is 17.8 Å². The highest BCUT2D eigenvalue weighted by molar-refractivity contribution is 5.87. The van der Waals surface area contributed by atoms with Crippen LogP contribution in [0.25, 0.3) is 10.9 Å². The molecule has 6 nitrogen and oxygen atoms in total. The van der Waals surface area contributed by atoms with E-state index in [1.165, 1.54) is 11.3 Å². The molecule has 1 unspecified atom stereocenters. The monoisotopic (exact) mass is 366 g/mol. The summed E-state index contributed by atoms with van der Waals surface area (Å²) in [5.74, 6) is 2.20. The van der Waals surface area contributed by atoms with Gasteiger partial charge in [0.2, 0.25) is 5.91 Å². The zero-order chi connectivity index (χ0) is 19.1. The Morgan fingerprint density at radius 2 is 2.11 bits per heavy atom. The number of nitrogens with zero attached hydrogens (tertiary/aromatic N) is 3. The zero-order valence-electron chi connectivity index (χ0n) is 16.3. The molecule has 1 atom stereocenters. The number of carbonyl (C=O) groups excluding carboxylic acids is 1. The summed E-state index contributed by atoms with van der Waals surface area (Å²) in [7, 11) is 1.68. The highest BCUT2D eigenvalue weighted by Gasteiger charge is 2.29. The molecule has 0 saturated heterocycles. The van der Waals surface area contributed by atoms with Gasteiger partial charge in [-0.2, -0.15) is 0 Å². The van der Waals surface area contributed by atoms with Gasteiger partial charge in [-0.3, -0.25) is 4.79 Å². The number of aromatic nitrogens is 3. The maximum Gasteiger partial charge on any atom is 0.245 e. The van der Waals surface area contributed by atoms with Gasteiger partial charge in [-0.1, -0.05) is 13.8 Å². The van der Waals surface area contributed by atoms with Crippen molar-refractivity contribution in [1.82, 2.24) is 19.4 Å². The molecule has 3 aromatic rings. The highest BCUT2D eigenvalue weighted by Crippen LogP contribution is 2.31. The third-order valence-electron chi connectivity index (χ3n) is 5.48. The van der Waals surface area contributed by atoms with E-state index in [1.54, 1.807) is 13.3 Å². The predicted molar refractivity (Wildman–Crippen MR) is 105 cm³/mol. The summed E-state index contributed by atoms with van der Waals surface area (Å²) in [5.41, 5.74) is 3.52. The van der Waals surface area contributed by atoms with Gasteiger partial charge in [0, 0.05) is 60.0 Å². The third kappa shape index (κ3) is 2.99. The van der Waals surface area contributed by atoms with Crippen LogP contribution < -0.4 is 4.74 Å². The Balaban J connectivity index is 1.62. The molecule has 4 rings (SSSR count). The van der Waals surface area contributed by atoms with Crippen LogP contribution in [0.4, 0.5) is 0 Å². The Morgan fingerprint density at radius 1 is 1.30 bits per heavy atom. The molecule has 0 fully saturated rings. The Morgan fingerprint density at radius 3 is 2.85 bits per heavy atom. The lowest BCUT2D eigenvalue weighted by atomic mass is 10.0. The molecule has 0 spiro atoms. The van der Waals surface area contributed by atoms with Gasteiger partial charge in [0.05, 0.1) is 7.11 Å². The normalized spacial score (nSPS) is 15.2. The van der Waals surface area contributed by atoms with Crippen LogP contribution in [0.5, 0.6) is 5.75 Å². The van der Waals surface area contributed by atoms with E-state index in [1.807, 2.05) is 34.7 Å². The van der Waals surface area contributed by atoms with Crippen molar-refractivity contribution in [2.75, 3.05) is 13.7 Å².